The summed E-state index contributed by atoms with van der Waals surface area (Å²) in [6, 6.07) is 12.2. The van der Waals surface area contributed by atoms with E-state index in [1.807, 2.05) is 23.1 Å². The van der Waals surface area contributed by atoms with Gasteiger partial charge in [-0.3, -0.25) is 4.79 Å². The molecule has 2 aliphatic rings. The molecule has 2 aromatic rings. The monoisotopic (exact) mass is 399 g/mol. The number of piperidine rings is 1. The second-order valence-electron chi connectivity index (χ2n) is 7.69. The van der Waals surface area contributed by atoms with Crippen molar-refractivity contribution in [2.24, 2.45) is 11.8 Å². The first-order valence-corrected chi connectivity index (χ1v) is 10.1. The van der Waals surface area contributed by atoms with Crippen LogP contribution in [0.4, 0.5) is 4.39 Å². The minimum Gasteiger partial charge on any atom is -0.493 e. The number of nitrogens with zero attached hydrogens (tertiary/aromatic N) is 1. The van der Waals surface area contributed by atoms with E-state index in [0.717, 1.165) is 30.7 Å². The lowest BCUT2D eigenvalue weighted by molar-refractivity contribution is -0.139. The molecule has 1 fully saturated rings. The summed E-state index contributed by atoms with van der Waals surface area (Å²) in [5, 5.41) is 0. The van der Waals surface area contributed by atoms with Crippen molar-refractivity contribution in [1.29, 1.82) is 0 Å². The predicted molar refractivity (Wildman–Crippen MR) is 107 cm³/mol. The average Bonchev–Trinajstić information content (AvgIpc) is 2.77. The van der Waals surface area contributed by atoms with Gasteiger partial charge >= 0.3 is 0 Å². The lowest BCUT2D eigenvalue weighted by Gasteiger charge is -2.36. The van der Waals surface area contributed by atoms with E-state index < -0.39 is 0 Å². The van der Waals surface area contributed by atoms with Gasteiger partial charge in [-0.15, -0.1) is 0 Å². The van der Waals surface area contributed by atoms with Crippen LogP contribution < -0.4 is 14.2 Å². The van der Waals surface area contributed by atoms with Crippen LogP contribution >= 0.6 is 0 Å². The zero-order valence-corrected chi connectivity index (χ0v) is 16.6. The molecule has 0 spiro atoms. The van der Waals surface area contributed by atoms with E-state index in [1.54, 1.807) is 25.3 Å². The molecule has 29 heavy (non-hydrogen) atoms. The summed E-state index contributed by atoms with van der Waals surface area (Å²) >= 11 is 0. The number of hydrogen-bond donors (Lipinski definition) is 0. The highest BCUT2D eigenvalue weighted by molar-refractivity contribution is 5.80. The fraction of sp³-hybridized carbons (Fsp3) is 0.435. The van der Waals surface area contributed by atoms with Crippen LogP contribution in [-0.2, 0) is 11.2 Å². The van der Waals surface area contributed by atoms with Crippen LogP contribution in [0.1, 0.15) is 18.4 Å². The maximum Gasteiger partial charge on any atom is 0.229 e. The van der Waals surface area contributed by atoms with Gasteiger partial charge in [-0.05, 0) is 43.0 Å². The predicted octanol–water partition coefficient (Wildman–Crippen LogP) is 3.70. The summed E-state index contributed by atoms with van der Waals surface area (Å²) in [5.41, 5.74) is 1.00. The SMILES string of the molecule is COc1cccc2c1OC[C@@H](C(=O)N1CCC[C@@H](COc3ccccc3F)C1)C2. The Morgan fingerprint density at radius 1 is 1.21 bits per heavy atom. The second kappa shape index (κ2) is 8.72. The van der Waals surface area contributed by atoms with Crippen molar-refractivity contribution in [2.75, 3.05) is 33.4 Å². The molecule has 0 N–H and O–H groups in total. The lowest BCUT2D eigenvalue weighted by Crippen LogP contribution is -2.46. The Bertz CT molecular complexity index is 872. The summed E-state index contributed by atoms with van der Waals surface area (Å²) in [4.78, 5) is 15.0. The molecule has 1 amide bonds. The van der Waals surface area contributed by atoms with Crippen LogP contribution in [0.3, 0.4) is 0 Å². The Balaban J connectivity index is 1.36. The third-order valence-electron chi connectivity index (χ3n) is 5.67. The first kappa shape index (κ1) is 19.6. The number of hydrogen-bond acceptors (Lipinski definition) is 4. The molecular weight excluding hydrogens is 373 g/mol. The molecule has 4 rings (SSSR count). The van der Waals surface area contributed by atoms with E-state index in [-0.39, 0.29) is 29.3 Å². The van der Waals surface area contributed by atoms with Gasteiger partial charge in [0, 0.05) is 19.0 Å². The van der Waals surface area contributed by atoms with Gasteiger partial charge in [0.2, 0.25) is 5.91 Å². The highest BCUT2D eigenvalue weighted by Gasteiger charge is 2.33. The minimum absolute atomic E-state index is 0.120. The molecule has 0 unspecified atom stereocenters. The number of methoxy groups -OCH3 is 1. The maximum atomic E-state index is 13.8. The Morgan fingerprint density at radius 3 is 2.86 bits per heavy atom. The van der Waals surface area contributed by atoms with Crippen molar-refractivity contribution in [3.63, 3.8) is 0 Å². The van der Waals surface area contributed by atoms with E-state index in [4.69, 9.17) is 14.2 Å². The standard InChI is InChI=1S/C23H26FNO4/c1-27-21-10-4-7-17-12-18(15-29-22(17)21)23(26)25-11-5-6-16(13-25)14-28-20-9-3-2-8-19(20)24/h2-4,7-10,16,18H,5-6,11-15H2,1H3/t16-,18+/m1/s1. The lowest BCUT2D eigenvalue weighted by atomic mass is 9.92. The fourth-order valence-electron chi connectivity index (χ4n) is 4.14. The third kappa shape index (κ3) is 4.31. The van der Waals surface area contributed by atoms with Gasteiger partial charge < -0.3 is 19.1 Å². The number of fused-ring (bicyclic) bond motifs is 1. The number of halogens is 1. The van der Waals surface area contributed by atoms with E-state index >= 15 is 0 Å². The van der Waals surface area contributed by atoms with Crippen molar-refractivity contribution in [2.45, 2.75) is 19.3 Å². The van der Waals surface area contributed by atoms with Crippen LogP contribution in [0.25, 0.3) is 0 Å². The number of likely N-dealkylation sites (tertiary alicyclic amines) is 1. The van der Waals surface area contributed by atoms with Crippen molar-refractivity contribution < 1.29 is 23.4 Å². The van der Waals surface area contributed by atoms with Crippen LogP contribution in [0.2, 0.25) is 0 Å². The molecule has 2 aliphatic heterocycles. The van der Waals surface area contributed by atoms with Crippen molar-refractivity contribution >= 4 is 5.91 Å². The zero-order chi connectivity index (χ0) is 20.2. The van der Waals surface area contributed by atoms with E-state index in [1.165, 1.54) is 6.07 Å². The van der Waals surface area contributed by atoms with Crippen LogP contribution in [-0.4, -0.2) is 44.2 Å². The topological polar surface area (TPSA) is 48.0 Å². The number of amides is 1. The number of para-hydroxylation sites is 2. The highest BCUT2D eigenvalue weighted by Crippen LogP contribution is 2.36. The Morgan fingerprint density at radius 2 is 2.03 bits per heavy atom. The van der Waals surface area contributed by atoms with Crippen LogP contribution in [0, 0.1) is 17.7 Å². The van der Waals surface area contributed by atoms with Gasteiger partial charge in [-0.1, -0.05) is 24.3 Å². The van der Waals surface area contributed by atoms with Crippen LogP contribution in [0.5, 0.6) is 17.2 Å². The van der Waals surface area contributed by atoms with E-state index in [9.17, 15) is 9.18 Å². The van der Waals surface area contributed by atoms with Gasteiger partial charge in [0.25, 0.3) is 0 Å². The molecule has 2 heterocycles. The van der Waals surface area contributed by atoms with Gasteiger partial charge in [-0.2, -0.15) is 0 Å². The van der Waals surface area contributed by atoms with Crippen molar-refractivity contribution in [3.8, 4) is 17.2 Å². The molecule has 0 radical (unpaired) electrons. The quantitative estimate of drug-likeness (QED) is 0.769. The molecule has 0 saturated carbocycles. The molecular formula is C23H26FNO4. The van der Waals surface area contributed by atoms with Gasteiger partial charge in [0.15, 0.2) is 23.1 Å². The number of carbonyl (C=O) groups is 1. The fourth-order valence-corrected chi connectivity index (χ4v) is 4.14. The van der Waals surface area contributed by atoms with E-state index in [2.05, 4.69) is 0 Å². The van der Waals surface area contributed by atoms with Gasteiger partial charge in [0.1, 0.15) is 6.61 Å². The molecule has 0 aliphatic carbocycles. The number of benzene rings is 2. The summed E-state index contributed by atoms with van der Waals surface area (Å²) in [5.74, 6) is 1.48. The molecule has 1 saturated heterocycles. The highest BCUT2D eigenvalue weighted by atomic mass is 19.1. The largest absolute Gasteiger partial charge is 0.493 e. The summed E-state index contributed by atoms with van der Waals surface area (Å²) in [7, 11) is 1.62. The Labute approximate surface area is 170 Å². The minimum atomic E-state index is -0.357. The molecule has 154 valence electrons. The first-order valence-electron chi connectivity index (χ1n) is 10.1. The first-order chi connectivity index (χ1) is 14.2. The normalized spacial score (nSPS) is 21.1. The molecule has 5 nitrogen and oxygen atoms in total. The Hall–Kier alpha value is -2.76. The zero-order valence-electron chi connectivity index (χ0n) is 16.6. The molecule has 6 heteroatoms. The Kier molecular flexibility index (Phi) is 5.88. The molecule has 0 bridgehead atoms. The summed E-state index contributed by atoms with van der Waals surface area (Å²) in [6.07, 6.45) is 2.55. The molecule has 2 aromatic carbocycles. The van der Waals surface area contributed by atoms with E-state index in [0.29, 0.717) is 31.9 Å². The third-order valence-corrected chi connectivity index (χ3v) is 5.67. The van der Waals surface area contributed by atoms with Crippen molar-refractivity contribution in [1.82, 2.24) is 4.90 Å². The van der Waals surface area contributed by atoms with Crippen molar-refractivity contribution in [3.05, 3.63) is 53.8 Å². The van der Waals surface area contributed by atoms with Gasteiger partial charge in [0.05, 0.1) is 19.6 Å². The number of carbonyl (C=O) groups excluding carboxylic acids is 1. The summed E-state index contributed by atoms with van der Waals surface area (Å²) < 4.78 is 30.7. The molecule has 2 atom stereocenters. The smallest absolute Gasteiger partial charge is 0.229 e. The summed E-state index contributed by atoms with van der Waals surface area (Å²) in [6.45, 7) is 2.15. The maximum absolute atomic E-state index is 13.8. The average molecular weight is 399 g/mol. The van der Waals surface area contributed by atoms with Gasteiger partial charge in [-0.25, -0.2) is 4.39 Å². The number of rotatable bonds is 5. The van der Waals surface area contributed by atoms with Crippen LogP contribution in [0.15, 0.2) is 42.5 Å². The number of ether oxygens (including phenoxy) is 3. The molecule has 0 aromatic heterocycles. The second-order valence-corrected chi connectivity index (χ2v) is 7.69.